The molecule has 2 aliphatic rings. The number of ether oxygens (including phenoxy) is 2. The number of carbonyl (C=O) groups excluding carboxylic acids is 2. The number of hydrogen-bond donors (Lipinski definition) is 2. The molecule has 4 rings (SSSR count). The van der Waals surface area contributed by atoms with Gasteiger partial charge in [0.1, 0.15) is 13.2 Å². The quantitative estimate of drug-likeness (QED) is 0.702. The summed E-state index contributed by atoms with van der Waals surface area (Å²) in [6, 6.07) is 9.71. The summed E-state index contributed by atoms with van der Waals surface area (Å²) in [6.45, 7) is 2.40. The van der Waals surface area contributed by atoms with Gasteiger partial charge in [-0.15, -0.1) is 11.8 Å². The van der Waals surface area contributed by atoms with Crippen LogP contribution >= 0.6 is 11.8 Å². The Bertz CT molecular complexity index is 1130. The van der Waals surface area contributed by atoms with E-state index in [0.29, 0.717) is 48.3 Å². The molecule has 2 N–H and O–H groups in total. The van der Waals surface area contributed by atoms with Gasteiger partial charge in [0.25, 0.3) is 0 Å². The molecule has 1 unspecified atom stereocenters. The highest BCUT2D eigenvalue weighted by Crippen LogP contribution is 2.34. The van der Waals surface area contributed by atoms with Gasteiger partial charge in [0, 0.05) is 35.2 Å². The van der Waals surface area contributed by atoms with Crippen LogP contribution in [0, 0.1) is 0 Å². The van der Waals surface area contributed by atoms with Gasteiger partial charge in [0.2, 0.25) is 11.8 Å². The summed E-state index contributed by atoms with van der Waals surface area (Å²) >= 11 is 1.50. The molecular formula is C21H22N2O6S2. The van der Waals surface area contributed by atoms with Crippen LogP contribution in [0.3, 0.4) is 0 Å². The van der Waals surface area contributed by atoms with E-state index in [2.05, 4.69) is 10.6 Å². The molecule has 2 aliphatic heterocycles. The maximum Gasteiger partial charge on any atom is 0.225 e. The topological polar surface area (TPSA) is 111 Å². The number of carbonyl (C=O) groups is 2. The van der Waals surface area contributed by atoms with Crippen molar-refractivity contribution in [2.45, 2.75) is 34.8 Å². The first-order valence-corrected chi connectivity index (χ1v) is 12.4. The lowest BCUT2D eigenvalue weighted by molar-refractivity contribution is -0.116. The van der Waals surface area contributed by atoms with Gasteiger partial charge in [0.05, 0.1) is 15.8 Å². The van der Waals surface area contributed by atoms with E-state index in [4.69, 9.17) is 9.47 Å². The standard InChI is InChI=1S/C21H22N2O6S2/c1-13(10-21(25)22-14-2-4-17-18(11-14)29-8-7-28-17)31(26,27)15-3-5-19-16(12-15)23-20(24)6-9-30-19/h2-5,11-13H,6-10H2,1H3,(H,22,25)(H,23,24). The molecule has 0 saturated heterocycles. The number of nitrogens with one attached hydrogen (secondary N) is 2. The first kappa shape index (κ1) is 21.5. The fourth-order valence-corrected chi connectivity index (χ4v) is 5.62. The molecule has 2 amide bonds. The molecule has 31 heavy (non-hydrogen) atoms. The maximum atomic E-state index is 13.0. The van der Waals surface area contributed by atoms with Crippen molar-refractivity contribution in [1.82, 2.24) is 0 Å². The zero-order chi connectivity index (χ0) is 22.0. The second kappa shape index (κ2) is 8.80. The highest BCUT2D eigenvalue weighted by atomic mass is 32.2. The number of benzene rings is 2. The van der Waals surface area contributed by atoms with Gasteiger partial charge in [0.15, 0.2) is 21.3 Å². The fourth-order valence-electron chi connectivity index (χ4n) is 3.31. The van der Waals surface area contributed by atoms with E-state index in [0.717, 1.165) is 4.90 Å². The summed E-state index contributed by atoms with van der Waals surface area (Å²) in [5.41, 5.74) is 0.991. The number of fused-ring (bicyclic) bond motifs is 2. The number of anilines is 2. The SMILES string of the molecule is CC(CC(=O)Nc1ccc2c(c1)OCCO2)S(=O)(=O)c1ccc2c(c1)NC(=O)CCS2. The first-order valence-electron chi connectivity index (χ1n) is 9.83. The molecule has 0 fully saturated rings. The van der Waals surface area contributed by atoms with Crippen molar-refractivity contribution < 1.29 is 27.5 Å². The Balaban J connectivity index is 1.45. The lowest BCUT2D eigenvalue weighted by Crippen LogP contribution is -2.25. The van der Waals surface area contributed by atoms with Crippen molar-refractivity contribution in [1.29, 1.82) is 0 Å². The van der Waals surface area contributed by atoms with Gasteiger partial charge in [-0.3, -0.25) is 9.59 Å². The molecule has 0 saturated carbocycles. The van der Waals surface area contributed by atoms with Crippen LogP contribution < -0.4 is 20.1 Å². The van der Waals surface area contributed by atoms with Crippen LogP contribution in [0.2, 0.25) is 0 Å². The highest BCUT2D eigenvalue weighted by molar-refractivity contribution is 7.99. The molecule has 0 aromatic heterocycles. The van der Waals surface area contributed by atoms with E-state index in [9.17, 15) is 18.0 Å². The average molecular weight is 463 g/mol. The zero-order valence-corrected chi connectivity index (χ0v) is 18.5. The van der Waals surface area contributed by atoms with Gasteiger partial charge in [-0.05, 0) is 37.3 Å². The minimum absolute atomic E-state index is 0.0775. The Morgan fingerprint density at radius 3 is 2.74 bits per heavy atom. The van der Waals surface area contributed by atoms with E-state index >= 15 is 0 Å². The number of hydrogen-bond acceptors (Lipinski definition) is 7. The van der Waals surface area contributed by atoms with Crippen molar-refractivity contribution in [3.63, 3.8) is 0 Å². The molecule has 1 atom stereocenters. The van der Waals surface area contributed by atoms with Crippen LogP contribution in [0.25, 0.3) is 0 Å². The first-order chi connectivity index (χ1) is 14.8. The third kappa shape index (κ3) is 4.80. The predicted molar refractivity (Wildman–Crippen MR) is 118 cm³/mol. The van der Waals surface area contributed by atoms with Crippen molar-refractivity contribution in [2.75, 3.05) is 29.6 Å². The summed E-state index contributed by atoms with van der Waals surface area (Å²) in [5.74, 6) is 1.21. The normalized spacial score (nSPS) is 16.5. The summed E-state index contributed by atoms with van der Waals surface area (Å²) in [7, 11) is -3.77. The maximum absolute atomic E-state index is 13.0. The number of amides is 2. The molecule has 2 heterocycles. The summed E-state index contributed by atoms with van der Waals surface area (Å²) < 4.78 is 37.0. The van der Waals surface area contributed by atoms with Crippen molar-refractivity contribution in [2.24, 2.45) is 0 Å². The van der Waals surface area contributed by atoms with Gasteiger partial charge in [-0.25, -0.2) is 8.42 Å². The Morgan fingerprint density at radius 1 is 1.16 bits per heavy atom. The van der Waals surface area contributed by atoms with Crippen LogP contribution in [0.15, 0.2) is 46.2 Å². The number of rotatable bonds is 5. The Hall–Kier alpha value is -2.72. The number of sulfone groups is 1. The van der Waals surface area contributed by atoms with E-state index in [1.807, 2.05) is 0 Å². The lowest BCUT2D eigenvalue weighted by Gasteiger charge is -2.19. The lowest BCUT2D eigenvalue weighted by atomic mass is 10.2. The molecule has 0 spiro atoms. The van der Waals surface area contributed by atoms with E-state index in [-0.39, 0.29) is 17.2 Å². The molecule has 0 radical (unpaired) electrons. The Labute approximate surface area is 184 Å². The molecule has 0 bridgehead atoms. The molecule has 8 nitrogen and oxygen atoms in total. The Kier molecular flexibility index (Phi) is 6.10. The molecule has 10 heteroatoms. The summed E-state index contributed by atoms with van der Waals surface area (Å²) in [6.07, 6.45) is 0.160. The second-order valence-electron chi connectivity index (χ2n) is 7.27. The Morgan fingerprint density at radius 2 is 1.94 bits per heavy atom. The third-order valence-corrected chi connectivity index (χ3v) is 8.18. The largest absolute Gasteiger partial charge is 0.486 e. The van der Waals surface area contributed by atoms with Crippen molar-refractivity contribution in [3.8, 4) is 11.5 Å². The van der Waals surface area contributed by atoms with Gasteiger partial charge in [-0.1, -0.05) is 0 Å². The number of thioether (sulfide) groups is 1. The fraction of sp³-hybridized carbons (Fsp3) is 0.333. The summed E-state index contributed by atoms with van der Waals surface area (Å²) in [5, 5.41) is 4.51. The van der Waals surface area contributed by atoms with Crippen LogP contribution in [0.5, 0.6) is 11.5 Å². The average Bonchev–Trinajstić information content (AvgIpc) is 2.93. The molecule has 0 aliphatic carbocycles. The van der Waals surface area contributed by atoms with Crippen molar-refractivity contribution >= 4 is 44.8 Å². The van der Waals surface area contributed by atoms with Crippen LogP contribution in [0.4, 0.5) is 11.4 Å². The third-order valence-electron chi connectivity index (χ3n) is 4.97. The van der Waals surface area contributed by atoms with Gasteiger partial charge >= 0.3 is 0 Å². The van der Waals surface area contributed by atoms with Crippen LogP contribution in [0.1, 0.15) is 19.8 Å². The highest BCUT2D eigenvalue weighted by Gasteiger charge is 2.27. The summed E-state index contributed by atoms with van der Waals surface area (Å²) in [4.78, 5) is 25.2. The van der Waals surface area contributed by atoms with Gasteiger partial charge in [-0.2, -0.15) is 0 Å². The monoisotopic (exact) mass is 462 g/mol. The predicted octanol–water partition coefficient (Wildman–Crippen LogP) is 3.08. The van der Waals surface area contributed by atoms with E-state index in [1.165, 1.54) is 30.8 Å². The minimum atomic E-state index is -3.77. The second-order valence-corrected chi connectivity index (χ2v) is 10.8. The van der Waals surface area contributed by atoms with Crippen LogP contribution in [-0.4, -0.2) is 44.4 Å². The van der Waals surface area contributed by atoms with Gasteiger partial charge < -0.3 is 20.1 Å². The zero-order valence-electron chi connectivity index (χ0n) is 16.8. The molecule has 164 valence electrons. The molecular weight excluding hydrogens is 440 g/mol. The van der Waals surface area contributed by atoms with Crippen molar-refractivity contribution in [3.05, 3.63) is 36.4 Å². The molecule has 2 aromatic carbocycles. The van der Waals surface area contributed by atoms with Crippen LogP contribution in [-0.2, 0) is 19.4 Å². The molecule has 2 aromatic rings. The minimum Gasteiger partial charge on any atom is -0.486 e. The smallest absolute Gasteiger partial charge is 0.225 e. The van der Waals surface area contributed by atoms with E-state index in [1.54, 1.807) is 24.3 Å². The van der Waals surface area contributed by atoms with E-state index < -0.39 is 21.0 Å².